The van der Waals surface area contributed by atoms with Crippen molar-refractivity contribution in [2.75, 3.05) is 13.2 Å². The molecule has 0 saturated carbocycles. The lowest BCUT2D eigenvalue weighted by atomic mass is 10.1. The van der Waals surface area contributed by atoms with E-state index in [1.54, 1.807) is 0 Å². The van der Waals surface area contributed by atoms with Crippen LogP contribution in [0.2, 0.25) is 0 Å². The van der Waals surface area contributed by atoms with Gasteiger partial charge in [-0.05, 0) is 13.8 Å². The molecule has 0 atom stereocenters. The lowest BCUT2D eigenvalue weighted by molar-refractivity contribution is -0.126. The largest absolute Gasteiger partial charge is 0.377 e. The van der Waals surface area contributed by atoms with Crippen molar-refractivity contribution in [2.24, 2.45) is 0 Å². The summed E-state index contributed by atoms with van der Waals surface area (Å²) in [5.41, 5.74) is 0. The highest BCUT2D eigenvalue weighted by molar-refractivity contribution is 9.10. The van der Waals surface area contributed by atoms with Crippen molar-refractivity contribution in [1.82, 2.24) is 5.32 Å². The first-order chi connectivity index (χ1) is 5.00. The van der Waals surface area contributed by atoms with Gasteiger partial charge in [0.2, 0.25) is 5.91 Å². The van der Waals surface area contributed by atoms with E-state index in [4.69, 9.17) is 4.74 Å². The maximum absolute atomic E-state index is 11.3. The van der Waals surface area contributed by atoms with Gasteiger partial charge >= 0.3 is 0 Å². The number of hydrogen-bond donors (Lipinski definition) is 1. The number of alkyl halides is 1. The highest BCUT2D eigenvalue weighted by Crippen LogP contribution is 2.16. The monoisotopic (exact) mass is 221 g/mol. The second-order valence-corrected chi connectivity index (χ2v) is 5.16. The van der Waals surface area contributed by atoms with Crippen molar-refractivity contribution < 1.29 is 9.53 Å². The van der Waals surface area contributed by atoms with E-state index < -0.39 is 4.32 Å². The summed E-state index contributed by atoms with van der Waals surface area (Å²) in [5, 5.41) is 2.85. The Labute approximate surface area is 74.6 Å². The zero-order chi connectivity index (χ0) is 8.48. The van der Waals surface area contributed by atoms with Crippen LogP contribution in [-0.4, -0.2) is 29.5 Å². The number of amides is 1. The average Bonchev–Trinajstić information content (AvgIpc) is 1.75. The summed E-state index contributed by atoms with van der Waals surface area (Å²) < 4.78 is 4.45. The van der Waals surface area contributed by atoms with Crippen LogP contribution in [0.5, 0.6) is 0 Å². The van der Waals surface area contributed by atoms with E-state index in [9.17, 15) is 4.79 Å². The number of halogens is 1. The molecule has 1 fully saturated rings. The van der Waals surface area contributed by atoms with Crippen LogP contribution in [0.4, 0.5) is 0 Å². The van der Waals surface area contributed by atoms with Gasteiger partial charge in [-0.1, -0.05) is 15.9 Å². The summed E-state index contributed by atoms with van der Waals surface area (Å²) in [6, 6.07) is 0.222. The minimum Gasteiger partial charge on any atom is -0.377 e. The maximum atomic E-state index is 11.3. The minimum absolute atomic E-state index is 0.0193. The summed E-state index contributed by atoms with van der Waals surface area (Å²) in [6.07, 6.45) is 0. The fourth-order valence-electron chi connectivity index (χ4n) is 0.676. The second kappa shape index (κ2) is 3.11. The van der Waals surface area contributed by atoms with Crippen LogP contribution in [0.3, 0.4) is 0 Å². The van der Waals surface area contributed by atoms with Gasteiger partial charge in [0.15, 0.2) is 0 Å². The van der Waals surface area contributed by atoms with E-state index >= 15 is 0 Å². The lowest BCUT2D eigenvalue weighted by Crippen LogP contribution is -2.52. The second-order valence-electron chi connectivity index (χ2n) is 3.18. The van der Waals surface area contributed by atoms with Crippen molar-refractivity contribution in [3.05, 3.63) is 0 Å². The highest BCUT2D eigenvalue weighted by Gasteiger charge is 2.28. The van der Waals surface area contributed by atoms with Gasteiger partial charge < -0.3 is 10.1 Å². The molecule has 4 heteroatoms. The minimum atomic E-state index is -0.470. The van der Waals surface area contributed by atoms with E-state index in [0.717, 1.165) is 0 Å². The smallest absolute Gasteiger partial charge is 0.236 e. The molecule has 1 aliphatic heterocycles. The van der Waals surface area contributed by atoms with Crippen LogP contribution in [0.1, 0.15) is 13.8 Å². The standard InChI is InChI=1S/C7H12BrNO2/c1-7(2,8)6(10)9-5-3-11-4-5/h5H,3-4H2,1-2H3,(H,9,10). The average molecular weight is 222 g/mol. The molecule has 0 aromatic carbocycles. The van der Waals surface area contributed by atoms with Crippen LogP contribution in [-0.2, 0) is 9.53 Å². The van der Waals surface area contributed by atoms with Crippen LogP contribution in [0, 0.1) is 0 Å². The van der Waals surface area contributed by atoms with Gasteiger partial charge in [0, 0.05) is 0 Å². The van der Waals surface area contributed by atoms with Gasteiger partial charge in [-0.15, -0.1) is 0 Å². The zero-order valence-electron chi connectivity index (χ0n) is 6.69. The molecule has 1 amide bonds. The summed E-state index contributed by atoms with van der Waals surface area (Å²) in [7, 11) is 0. The summed E-state index contributed by atoms with van der Waals surface area (Å²) in [5.74, 6) is 0.0193. The fraction of sp³-hybridized carbons (Fsp3) is 0.857. The lowest BCUT2D eigenvalue weighted by Gasteiger charge is -2.29. The molecule has 1 rings (SSSR count). The van der Waals surface area contributed by atoms with Crippen molar-refractivity contribution in [1.29, 1.82) is 0 Å². The predicted molar refractivity (Wildman–Crippen MR) is 45.8 cm³/mol. The molecule has 0 aliphatic carbocycles. The normalized spacial score (nSPS) is 19.2. The summed E-state index contributed by atoms with van der Waals surface area (Å²) >= 11 is 3.27. The molecule has 0 unspecified atom stereocenters. The molecular formula is C7H12BrNO2. The Hall–Kier alpha value is -0.0900. The first kappa shape index (κ1) is 9.00. The molecule has 0 aromatic rings. The van der Waals surface area contributed by atoms with Crippen molar-refractivity contribution in [2.45, 2.75) is 24.2 Å². The van der Waals surface area contributed by atoms with E-state index in [-0.39, 0.29) is 11.9 Å². The third-order valence-corrected chi connectivity index (χ3v) is 1.87. The quantitative estimate of drug-likeness (QED) is 0.697. The fourth-order valence-corrected chi connectivity index (χ4v) is 0.791. The van der Waals surface area contributed by atoms with Gasteiger partial charge in [0.05, 0.1) is 23.6 Å². The Kier molecular flexibility index (Phi) is 2.54. The summed E-state index contributed by atoms with van der Waals surface area (Å²) in [6.45, 7) is 4.94. The highest BCUT2D eigenvalue weighted by atomic mass is 79.9. The van der Waals surface area contributed by atoms with Crippen LogP contribution < -0.4 is 5.32 Å². The maximum Gasteiger partial charge on any atom is 0.236 e. The van der Waals surface area contributed by atoms with Gasteiger partial charge in [-0.25, -0.2) is 0 Å². The number of ether oxygens (including phenoxy) is 1. The zero-order valence-corrected chi connectivity index (χ0v) is 8.27. The molecule has 0 aromatic heterocycles. The molecular weight excluding hydrogens is 210 g/mol. The third kappa shape index (κ3) is 2.45. The van der Waals surface area contributed by atoms with Crippen LogP contribution in [0.15, 0.2) is 0 Å². The molecule has 0 radical (unpaired) electrons. The Morgan fingerprint density at radius 1 is 1.64 bits per heavy atom. The third-order valence-electron chi connectivity index (χ3n) is 1.51. The summed E-state index contributed by atoms with van der Waals surface area (Å²) in [4.78, 5) is 11.3. The molecule has 1 aliphatic rings. The van der Waals surface area contributed by atoms with Crippen molar-refractivity contribution in [3.63, 3.8) is 0 Å². The van der Waals surface area contributed by atoms with Gasteiger partial charge in [-0.2, -0.15) is 0 Å². The Balaban J connectivity index is 2.30. The van der Waals surface area contributed by atoms with E-state index in [1.807, 2.05) is 13.8 Å². The predicted octanol–water partition coefficient (Wildman–Crippen LogP) is 0.675. The first-order valence-corrected chi connectivity index (χ1v) is 4.37. The van der Waals surface area contributed by atoms with Gasteiger partial charge in [-0.3, -0.25) is 4.79 Å². The number of rotatable bonds is 2. The van der Waals surface area contributed by atoms with E-state index in [2.05, 4.69) is 21.2 Å². The van der Waals surface area contributed by atoms with E-state index in [1.165, 1.54) is 0 Å². The van der Waals surface area contributed by atoms with Gasteiger partial charge in [0.25, 0.3) is 0 Å². The molecule has 3 nitrogen and oxygen atoms in total. The molecule has 64 valence electrons. The van der Waals surface area contributed by atoms with Gasteiger partial charge in [0.1, 0.15) is 0 Å². The van der Waals surface area contributed by atoms with E-state index in [0.29, 0.717) is 13.2 Å². The Morgan fingerprint density at radius 2 is 2.18 bits per heavy atom. The number of carbonyl (C=O) groups is 1. The van der Waals surface area contributed by atoms with Crippen molar-refractivity contribution in [3.8, 4) is 0 Å². The van der Waals surface area contributed by atoms with Crippen LogP contribution in [0.25, 0.3) is 0 Å². The Morgan fingerprint density at radius 3 is 2.45 bits per heavy atom. The van der Waals surface area contributed by atoms with Crippen LogP contribution >= 0.6 is 15.9 Å². The first-order valence-electron chi connectivity index (χ1n) is 3.58. The molecule has 0 bridgehead atoms. The Bertz CT molecular complexity index is 160. The molecule has 1 heterocycles. The van der Waals surface area contributed by atoms with Crippen molar-refractivity contribution >= 4 is 21.8 Å². The molecule has 1 N–H and O–H groups in total. The molecule has 0 spiro atoms. The molecule has 1 saturated heterocycles. The molecule has 11 heavy (non-hydrogen) atoms. The topological polar surface area (TPSA) is 38.3 Å². The SMILES string of the molecule is CC(C)(Br)C(=O)NC1COC1. The number of hydrogen-bond acceptors (Lipinski definition) is 2. The number of carbonyl (C=O) groups excluding carboxylic acids is 1. The number of nitrogens with one attached hydrogen (secondary N) is 1.